The van der Waals surface area contributed by atoms with E-state index in [0.717, 1.165) is 25.3 Å². The number of carbonyl (C=O) groups excluding carboxylic acids is 2. The third kappa shape index (κ3) is 4.76. The summed E-state index contributed by atoms with van der Waals surface area (Å²) in [4.78, 5) is 29.4. The maximum absolute atomic E-state index is 13.4. The Bertz CT molecular complexity index is 1110. The van der Waals surface area contributed by atoms with Crippen LogP contribution < -0.4 is 10.2 Å². The smallest absolute Gasteiger partial charge is 0.283 e. The van der Waals surface area contributed by atoms with Gasteiger partial charge in [-0.05, 0) is 89.5 Å². The fraction of sp³-hybridized carbons (Fsp3) is 0.154. The molecule has 0 saturated heterocycles. The Morgan fingerprint density at radius 2 is 1.47 bits per heavy atom. The van der Waals surface area contributed by atoms with Crippen LogP contribution in [0, 0.1) is 10.5 Å². The lowest BCUT2D eigenvalue weighted by atomic mass is 10.0. The summed E-state index contributed by atoms with van der Waals surface area (Å²) in [6.07, 6.45) is 0. The van der Waals surface area contributed by atoms with E-state index in [1.807, 2.05) is 79.7 Å². The fourth-order valence-electron chi connectivity index (χ4n) is 3.36. The lowest BCUT2D eigenvalue weighted by Gasteiger charge is -2.16. The van der Waals surface area contributed by atoms with Crippen molar-refractivity contribution in [2.75, 3.05) is 10.2 Å². The third-order valence-corrected chi connectivity index (χ3v) is 7.02. The SMILES string of the molecule is Cc1ccc(SC2=C(Nc3ccc(I)cc3)C(=O)N(c3ccc(C(C)C)cc3)C2=O)cc1. The topological polar surface area (TPSA) is 49.4 Å². The highest BCUT2D eigenvalue weighted by molar-refractivity contribution is 14.1. The van der Waals surface area contributed by atoms with Crippen molar-refractivity contribution in [2.45, 2.75) is 31.6 Å². The van der Waals surface area contributed by atoms with E-state index in [4.69, 9.17) is 0 Å². The van der Waals surface area contributed by atoms with E-state index in [2.05, 4.69) is 41.8 Å². The van der Waals surface area contributed by atoms with E-state index in [0.29, 0.717) is 22.2 Å². The molecule has 1 heterocycles. The Morgan fingerprint density at radius 1 is 0.844 bits per heavy atom. The minimum atomic E-state index is -0.347. The van der Waals surface area contributed by atoms with Crippen LogP contribution in [0.1, 0.15) is 30.9 Å². The van der Waals surface area contributed by atoms with Gasteiger partial charge in [0.2, 0.25) is 0 Å². The van der Waals surface area contributed by atoms with E-state index in [1.54, 1.807) is 0 Å². The van der Waals surface area contributed by atoms with Gasteiger partial charge in [0.25, 0.3) is 11.8 Å². The highest BCUT2D eigenvalue weighted by Crippen LogP contribution is 2.38. The predicted molar refractivity (Wildman–Crippen MR) is 140 cm³/mol. The molecule has 0 aliphatic carbocycles. The van der Waals surface area contributed by atoms with Gasteiger partial charge in [-0.25, -0.2) is 4.90 Å². The summed E-state index contributed by atoms with van der Waals surface area (Å²) in [7, 11) is 0. The molecule has 1 aliphatic rings. The lowest BCUT2D eigenvalue weighted by molar-refractivity contribution is -0.120. The van der Waals surface area contributed by atoms with Gasteiger partial charge in [0, 0.05) is 14.2 Å². The molecule has 1 N–H and O–H groups in total. The zero-order chi connectivity index (χ0) is 22.8. The molecule has 3 aromatic carbocycles. The molecule has 0 aromatic heterocycles. The molecule has 0 atom stereocenters. The highest BCUT2D eigenvalue weighted by Gasteiger charge is 2.40. The summed E-state index contributed by atoms with van der Waals surface area (Å²) >= 11 is 3.55. The Hall–Kier alpha value is -2.58. The van der Waals surface area contributed by atoms with Crippen molar-refractivity contribution in [2.24, 2.45) is 0 Å². The number of benzene rings is 3. The zero-order valence-corrected chi connectivity index (χ0v) is 21.0. The summed E-state index contributed by atoms with van der Waals surface area (Å²) in [6.45, 7) is 6.24. The van der Waals surface area contributed by atoms with Crippen molar-refractivity contribution < 1.29 is 9.59 Å². The molecule has 0 saturated carbocycles. The number of thioether (sulfide) groups is 1. The van der Waals surface area contributed by atoms with E-state index < -0.39 is 0 Å². The molecular weight excluding hydrogens is 531 g/mol. The van der Waals surface area contributed by atoms with Crippen molar-refractivity contribution in [3.63, 3.8) is 0 Å². The van der Waals surface area contributed by atoms with E-state index >= 15 is 0 Å². The van der Waals surface area contributed by atoms with Gasteiger partial charge in [-0.3, -0.25) is 9.59 Å². The second-order valence-electron chi connectivity index (χ2n) is 7.94. The molecule has 6 heteroatoms. The molecule has 4 nitrogen and oxygen atoms in total. The second-order valence-corrected chi connectivity index (χ2v) is 10.3. The van der Waals surface area contributed by atoms with Crippen LogP contribution in [0.25, 0.3) is 0 Å². The summed E-state index contributed by atoms with van der Waals surface area (Å²) in [5, 5.41) is 3.20. The number of amides is 2. The number of nitrogens with zero attached hydrogens (tertiary/aromatic N) is 1. The first-order valence-corrected chi connectivity index (χ1v) is 12.2. The molecule has 0 radical (unpaired) electrons. The number of hydrogen-bond acceptors (Lipinski definition) is 4. The second kappa shape index (κ2) is 9.50. The standard InChI is InChI=1S/C26H23IN2O2S/c1-16(2)18-6-12-21(13-7-18)29-25(30)23(28-20-10-8-19(27)9-11-20)24(26(29)31)32-22-14-4-17(3)5-15-22/h4-16,28H,1-3H3. The number of nitrogens with one attached hydrogen (secondary N) is 1. The quantitative estimate of drug-likeness (QED) is 0.272. The van der Waals surface area contributed by atoms with E-state index in [-0.39, 0.29) is 11.8 Å². The molecule has 1 aliphatic heterocycles. The summed E-state index contributed by atoms with van der Waals surface area (Å²) < 4.78 is 1.09. The van der Waals surface area contributed by atoms with Crippen LogP contribution in [0.2, 0.25) is 0 Å². The van der Waals surface area contributed by atoms with Crippen molar-refractivity contribution in [3.8, 4) is 0 Å². The molecule has 0 bridgehead atoms. The Balaban J connectivity index is 1.71. The van der Waals surface area contributed by atoms with Crippen molar-refractivity contribution in [3.05, 3.63) is 98.1 Å². The van der Waals surface area contributed by atoms with Crippen LogP contribution in [-0.2, 0) is 9.59 Å². The molecule has 2 amide bonds. The summed E-state index contributed by atoms with van der Waals surface area (Å²) in [5.41, 5.74) is 3.94. The van der Waals surface area contributed by atoms with Gasteiger partial charge < -0.3 is 5.32 Å². The van der Waals surface area contributed by atoms with Crippen LogP contribution in [-0.4, -0.2) is 11.8 Å². The van der Waals surface area contributed by atoms with Crippen LogP contribution in [0.4, 0.5) is 11.4 Å². The van der Waals surface area contributed by atoms with Gasteiger partial charge in [-0.1, -0.05) is 55.4 Å². The molecule has 0 spiro atoms. The van der Waals surface area contributed by atoms with Crippen molar-refractivity contribution in [1.29, 1.82) is 0 Å². The Morgan fingerprint density at radius 3 is 2.06 bits per heavy atom. The molecule has 4 rings (SSSR count). The average Bonchev–Trinajstić information content (AvgIpc) is 3.00. The first-order valence-electron chi connectivity index (χ1n) is 10.3. The fourth-order valence-corrected chi connectivity index (χ4v) is 4.65. The summed E-state index contributed by atoms with van der Waals surface area (Å²) in [6, 6.07) is 23.3. The monoisotopic (exact) mass is 554 g/mol. The van der Waals surface area contributed by atoms with Gasteiger partial charge in [0.15, 0.2) is 0 Å². The van der Waals surface area contributed by atoms with Crippen molar-refractivity contribution in [1.82, 2.24) is 0 Å². The summed E-state index contributed by atoms with van der Waals surface area (Å²) in [5.74, 6) is -0.288. The molecule has 0 unspecified atom stereocenters. The van der Waals surface area contributed by atoms with Crippen LogP contribution in [0.15, 0.2) is 88.3 Å². The zero-order valence-electron chi connectivity index (χ0n) is 18.1. The third-order valence-electron chi connectivity index (χ3n) is 5.21. The molecule has 32 heavy (non-hydrogen) atoms. The highest BCUT2D eigenvalue weighted by atomic mass is 127. The van der Waals surface area contributed by atoms with Gasteiger partial charge in [0.1, 0.15) is 10.6 Å². The number of hydrogen-bond donors (Lipinski definition) is 1. The average molecular weight is 554 g/mol. The van der Waals surface area contributed by atoms with Crippen LogP contribution in [0.3, 0.4) is 0 Å². The Kier molecular flexibility index (Phi) is 6.71. The number of rotatable bonds is 6. The number of carbonyl (C=O) groups is 2. The minimum Gasteiger partial charge on any atom is -0.350 e. The van der Waals surface area contributed by atoms with Gasteiger partial charge in [-0.2, -0.15) is 0 Å². The van der Waals surface area contributed by atoms with Gasteiger partial charge >= 0.3 is 0 Å². The first kappa shape index (κ1) is 22.6. The maximum Gasteiger partial charge on any atom is 0.283 e. The molecule has 162 valence electrons. The largest absolute Gasteiger partial charge is 0.350 e. The minimum absolute atomic E-state index is 0.301. The molecule has 3 aromatic rings. The van der Waals surface area contributed by atoms with E-state index in [1.165, 1.54) is 16.7 Å². The van der Waals surface area contributed by atoms with E-state index in [9.17, 15) is 9.59 Å². The number of aryl methyl sites for hydroxylation is 1. The number of anilines is 2. The van der Waals surface area contributed by atoms with Crippen LogP contribution >= 0.6 is 34.4 Å². The number of imide groups is 1. The van der Waals surface area contributed by atoms with Gasteiger partial charge in [0.05, 0.1) is 5.69 Å². The first-order chi connectivity index (χ1) is 15.3. The normalized spacial score (nSPS) is 14.0. The Labute approximate surface area is 206 Å². The predicted octanol–water partition coefficient (Wildman–Crippen LogP) is 6.71. The van der Waals surface area contributed by atoms with Gasteiger partial charge in [-0.15, -0.1) is 0 Å². The number of halogens is 1. The van der Waals surface area contributed by atoms with Crippen molar-refractivity contribution >= 4 is 57.5 Å². The molecular formula is C26H23IN2O2S. The lowest BCUT2D eigenvalue weighted by Crippen LogP contribution is -2.32. The molecule has 0 fully saturated rings. The maximum atomic E-state index is 13.4. The van der Waals surface area contributed by atoms with Crippen LogP contribution in [0.5, 0.6) is 0 Å².